The van der Waals surface area contributed by atoms with Crippen molar-refractivity contribution in [3.8, 4) is 28.6 Å². The minimum absolute atomic E-state index is 0.399. The molecule has 0 bridgehead atoms. The third-order valence-electron chi connectivity index (χ3n) is 3.28. The third kappa shape index (κ3) is 4.36. The van der Waals surface area contributed by atoms with E-state index in [0.717, 1.165) is 23.1 Å². The van der Waals surface area contributed by atoms with Crippen molar-refractivity contribution in [2.24, 2.45) is 0 Å². The van der Waals surface area contributed by atoms with E-state index in [1.807, 2.05) is 31.2 Å². The molecule has 8 heteroatoms. The molecule has 0 unspecified atom stereocenters. The standard InChI is InChI=1S/C17H17N3O4S/c1-3-23-15-10-6-13(7-11-15)17-18-16(19-24-17)12-4-8-14(9-5-12)20-25(2,21)22/h4-11,20H,3H2,1-2H3. The van der Waals surface area contributed by atoms with Crippen LogP contribution in [-0.4, -0.2) is 31.4 Å². The molecular formula is C17H17N3O4S. The molecule has 0 amide bonds. The number of nitrogens with zero attached hydrogens (tertiary/aromatic N) is 2. The first-order valence-corrected chi connectivity index (χ1v) is 9.49. The Morgan fingerprint density at radius 1 is 1.04 bits per heavy atom. The molecule has 0 fully saturated rings. The zero-order valence-electron chi connectivity index (χ0n) is 13.8. The van der Waals surface area contributed by atoms with E-state index in [9.17, 15) is 8.42 Å². The molecule has 0 radical (unpaired) electrons. The van der Waals surface area contributed by atoms with E-state index in [0.29, 0.717) is 24.0 Å². The molecule has 130 valence electrons. The molecule has 3 aromatic rings. The fraction of sp³-hybridized carbons (Fsp3) is 0.176. The number of nitrogens with one attached hydrogen (secondary N) is 1. The molecule has 7 nitrogen and oxygen atoms in total. The van der Waals surface area contributed by atoms with Crippen molar-refractivity contribution in [3.63, 3.8) is 0 Å². The van der Waals surface area contributed by atoms with Gasteiger partial charge in [0.05, 0.1) is 12.9 Å². The minimum Gasteiger partial charge on any atom is -0.494 e. The number of aromatic nitrogens is 2. The smallest absolute Gasteiger partial charge is 0.258 e. The van der Waals surface area contributed by atoms with E-state index >= 15 is 0 Å². The summed E-state index contributed by atoms with van der Waals surface area (Å²) in [5.41, 5.74) is 1.99. The van der Waals surface area contributed by atoms with E-state index in [1.165, 1.54) is 0 Å². The molecule has 0 aliphatic carbocycles. The van der Waals surface area contributed by atoms with Gasteiger partial charge in [0.25, 0.3) is 5.89 Å². The van der Waals surface area contributed by atoms with Crippen molar-refractivity contribution in [1.82, 2.24) is 10.1 Å². The number of sulfonamides is 1. The number of hydrogen-bond acceptors (Lipinski definition) is 6. The summed E-state index contributed by atoms with van der Waals surface area (Å²) in [6.07, 6.45) is 1.10. The Kier molecular flexibility index (Phi) is 4.71. The maximum atomic E-state index is 11.2. The summed E-state index contributed by atoms with van der Waals surface area (Å²) in [5.74, 6) is 1.60. The van der Waals surface area contributed by atoms with Crippen molar-refractivity contribution < 1.29 is 17.7 Å². The molecule has 2 aromatic carbocycles. The van der Waals surface area contributed by atoms with Gasteiger partial charge in [-0.25, -0.2) is 8.42 Å². The number of benzene rings is 2. The molecule has 0 saturated heterocycles. The first-order valence-electron chi connectivity index (χ1n) is 7.60. The molecule has 0 spiro atoms. The van der Waals surface area contributed by atoms with Crippen LogP contribution in [0.3, 0.4) is 0 Å². The van der Waals surface area contributed by atoms with Gasteiger partial charge in [0, 0.05) is 16.8 Å². The summed E-state index contributed by atoms with van der Waals surface area (Å²) in [5, 5.41) is 3.97. The van der Waals surface area contributed by atoms with Gasteiger partial charge in [-0.15, -0.1) is 0 Å². The topological polar surface area (TPSA) is 94.3 Å². The zero-order chi connectivity index (χ0) is 17.9. The van der Waals surface area contributed by atoms with Crippen molar-refractivity contribution >= 4 is 15.7 Å². The number of rotatable bonds is 6. The van der Waals surface area contributed by atoms with Crippen LogP contribution < -0.4 is 9.46 Å². The quantitative estimate of drug-likeness (QED) is 0.726. The fourth-order valence-corrected chi connectivity index (χ4v) is 2.78. The minimum atomic E-state index is -3.30. The first kappa shape index (κ1) is 17.0. The fourth-order valence-electron chi connectivity index (χ4n) is 2.22. The zero-order valence-corrected chi connectivity index (χ0v) is 14.6. The Bertz CT molecular complexity index is 948. The Balaban J connectivity index is 1.79. The van der Waals surface area contributed by atoms with E-state index in [4.69, 9.17) is 9.26 Å². The average Bonchev–Trinajstić information content (AvgIpc) is 3.05. The molecule has 0 aliphatic heterocycles. The Morgan fingerprint density at radius 3 is 2.28 bits per heavy atom. The molecule has 3 rings (SSSR count). The predicted molar refractivity (Wildman–Crippen MR) is 94.8 cm³/mol. The predicted octanol–water partition coefficient (Wildman–Crippen LogP) is 3.17. The third-order valence-corrected chi connectivity index (χ3v) is 3.89. The van der Waals surface area contributed by atoms with Crippen LogP contribution in [0.25, 0.3) is 22.8 Å². The van der Waals surface area contributed by atoms with Crippen LogP contribution in [0, 0.1) is 0 Å². The lowest BCUT2D eigenvalue weighted by atomic mass is 10.2. The normalized spacial score (nSPS) is 11.3. The van der Waals surface area contributed by atoms with Gasteiger partial charge in [0.15, 0.2) is 0 Å². The summed E-state index contributed by atoms with van der Waals surface area (Å²) >= 11 is 0. The second kappa shape index (κ2) is 6.94. The van der Waals surface area contributed by atoms with E-state index < -0.39 is 10.0 Å². The summed E-state index contributed by atoms with van der Waals surface area (Å²) in [7, 11) is -3.30. The van der Waals surface area contributed by atoms with Crippen LogP contribution in [0.2, 0.25) is 0 Å². The molecule has 0 saturated carbocycles. The van der Waals surface area contributed by atoms with Gasteiger partial charge in [-0.2, -0.15) is 4.98 Å². The van der Waals surface area contributed by atoms with Crippen LogP contribution in [0.4, 0.5) is 5.69 Å². The number of ether oxygens (including phenoxy) is 1. The Hall–Kier alpha value is -2.87. The van der Waals surface area contributed by atoms with Crippen molar-refractivity contribution in [2.75, 3.05) is 17.6 Å². The van der Waals surface area contributed by atoms with Crippen LogP contribution in [-0.2, 0) is 10.0 Å². The summed E-state index contributed by atoms with van der Waals surface area (Å²) < 4.78 is 35.5. The largest absolute Gasteiger partial charge is 0.494 e. The van der Waals surface area contributed by atoms with Crippen molar-refractivity contribution in [1.29, 1.82) is 0 Å². The lowest BCUT2D eigenvalue weighted by Gasteiger charge is -2.03. The van der Waals surface area contributed by atoms with Gasteiger partial charge < -0.3 is 9.26 Å². The van der Waals surface area contributed by atoms with Crippen molar-refractivity contribution in [3.05, 3.63) is 48.5 Å². The van der Waals surface area contributed by atoms with Crippen LogP contribution in [0.1, 0.15) is 6.92 Å². The molecule has 1 heterocycles. The lowest BCUT2D eigenvalue weighted by Crippen LogP contribution is -2.09. The highest BCUT2D eigenvalue weighted by Gasteiger charge is 2.11. The van der Waals surface area contributed by atoms with Gasteiger partial charge in [-0.05, 0) is 55.5 Å². The second-order valence-corrected chi connectivity index (χ2v) is 7.08. The average molecular weight is 359 g/mol. The van der Waals surface area contributed by atoms with Gasteiger partial charge in [-0.1, -0.05) is 5.16 Å². The lowest BCUT2D eigenvalue weighted by molar-refractivity contribution is 0.340. The van der Waals surface area contributed by atoms with Gasteiger partial charge >= 0.3 is 0 Å². The Labute approximate surface area is 145 Å². The highest BCUT2D eigenvalue weighted by molar-refractivity contribution is 7.92. The van der Waals surface area contributed by atoms with Crippen molar-refractivity contribution in [2.45, 2.75) is 6.92 Å². The first-order chi connectivity index (χ1) is 11.9. The molecule has 25 heavy (non-hydrogen) atoms. The summed E-state index contributed by atoms with van der Waals surface area (Å²) in [6, 6.07) is 14.1. The monoisotopic (exact) mass is 359 g/mol. The maximum absolute atomic E-state index is 11.2. The number of hydrogen-bond donors (Lipinski definition) is 1. The van der Waals surface area contributed by atoms with Gasteiger partial charge in [0.1, 0.15) is 5.75 Å². The SMILES string of the molecule is CCOc1ccc(-c2nc(-c3ccc(NS(C)(=O)=O)cc3)no2)cc1. The van der Waals surface area contributed by atoms with Crippen LogP contribution in [0.15, 0.2) is 53.1 Å². The molecule has 0 atom stereocenters. The summed E-state index contributed by atoms with van der Waals surface area (Å²) in [6.45, 7) is 2.53. The van der Waals surface area contributed by atoms with Gasteiger partial charge in [0.2, 0.25) is 15.8 Å². The van der Waals surface area contributed by atoms with Crippen LogP contribution >= 0.6 is 0 Å². The van der Waals surface area contributed by atoms with E-state index in [-0.39, 0.29) is 0 Å². The Morgan fingerprint density at radius 2 is 1.68 bits per heavy atom. The molecular weight excluding hydrogens is 342 g/mol. The summed E-state index contributed by atoms with van der Waals surface area (Å²) in [4.78, 5) is 4.37. The van der Waals surface area contributed by atoms with Crippen LogP contribution in [0.5, 0.6) is 5.75 Å². The van der Waals surface area contributed by atoms with E-state index in [2.05, 4.69) is 14.9 Å². The highest BCUT2D eigenvalue weighted by Crippen LogP contribution is 2.25. The maximum Gasteiger partial charge on any atom is 0.258 e. The second-order valence-electron chi connectivity index (χ2n) is 5.33. The van der Waals surface area contributed by atoms with E-state index in [1.54, 1.807) is 24.3 Å². The molecule has 1 aromatic heterocycles. The molecule has 1 N–H and O–H groups in total. The molecule has 0 aliphatic rings. The van der Waals surface area contributed by atoms with Gasteiger partial charge in [-0.3, -0.25) is 4.72 Å². The number of anilines is 1. The highest BCUT2D eigenvalue weighted by atomic mass is 32.2.